The Morgan fingerprint density at radius 3 is 3.17 bits per heavy atom. The lowest BCUT2D eigenvalue weighted by Gasteiger charge is -1.92. The van der Waals surface area contributed by atoms with Gasteiger partial charge in [0.1, 0.15) is 4.60 Å². The molecule has 0 bridgehead atoms. The molecule has 2 heterocycles. The lowest BCUT2D eigenvalue weighted by atomic mass is 10.2. The van der Waals surface area contributed by atoms with Gasteiger partial charge in [0, 0.05) is 28.9 Å². The van der Waals surface area contributed by atoms with E-state index in [0.29, 0.717) is 0 Å². The van der Waals surface area contributed by atoms with Gasteiger partial charge in [-0.2, -0.15) is 0 Å². The van der Waals surface area contributed by atoms with E-state index in [4.69, 9.17) is 5.11 Å². The average molecular weight is 227 g/mol. The van der Waals surface area contributed by atoms with Crippen molar-refractivity contribution < 1.29 is 5.11 Å². The molecule has 0 radical (unpaired) electrons. The predicted molar refractivity (Wildman–Crippen MR) is 49.7 cm³/mol. The lowest BCUT2D eigenvalue weighted by molar-refractivity contribution is 0.283. The normalized spacial score (nSPS) is 10.8. The number of aliphatic hydroxyl groups is 1. The highest BCUT2D eigenvalue weighted by Gasteiger charge is 2.02. The maximum Gasteiger partial charge on any atom is 0.108 e. The van der Waals surface area contributed by atoms with Gasteiger partial charge in [0.25, 0.3) is 0 Å². The third kappa shape index (κ3) is 1.13. The van der Waals surface area contributed by atoms with Crippen molar-refractivity contribution in [3.05, 3.63) is 28.6 Å². The van der Waals surface area contributed by atoms with Gasteiger partial charge in [0.05, 0.1) is 6.61 Å². The molecule has 0 aromatic carbocycles. The first-order valence-electron chi connectivity index (χ1n) is 3.53. The fourth-order valence-corrected chi connectivity index (χ4v) is 1.51. The number of aliphatic hydroxyl groups excluding tert-OH is 1. The van der Waals surface area contributed by atoms with E-state index in [1.54, 1.807) is 12.4 Å². The Labute approximate surface area is 77.6 Å². The van der Waals surface area contributed by atoms with Crippen LogP contribution < -0.4 is 0 Å². The monoisotopic (exact) mass is 226 g/mol. The number of nitrogens with zero attached hydrogens (tertiary/aromatic N) is 1. The van der Waals surface area contributed by atoms with E-state index < -0.39 is 0 Å². The van der Waals surface area contributed by atoms with Gasteiger partial charge in [-0.05, 0) is 22.0 Å². The van der Waals surface area contributed by atoms with Gasteiger partial charge in [-0.1, -0.05) is 0 Å². The number of rotatable bonds is 1. The molecule has 0 amide bonds. The number of nitrogens with one attached hydrogen (secondary N) is 1. The van der Waals surface area contributed by atoms with Crippen molar-refractivity contribution in [1.29, 1.82) is 0 Å². The fourth-order valence-electron chi connectivity index (χ4n) is 1.18. The van der Waals surface area contributed by atoms with Crippen LogP contribution in [0, 0.1) is 0 Å². The Hall–Kier alpha value is -0.870. The molecule has 0 aliphatic rings. The number of aromatic amines is 1. The van der Waals surface area contributed by atoms with Crippen LogP contribution in [0.15, 0.2) is 23.1 Å². The van der Waals surface area contributed by atoms with Crippen LogP contribution in [0.2, 0.25) is 0 Å². The van der Waals surface area contributed by atoms with Gasteiger partial charge in [-0.3, -0.25) is 0 Å². The van der Waals surface area contributed by atoms with E-state index >= 15 is 0 Å². The first-order valence-corrected chi connectivity index (χ1v) is 4.33. The zero-order valence-corrected chi connectivity index (χ0v) is 7.80. The van der Waals surface area contributed by atoms with E-state index in [9.17, 15) is 0 Å². The molecule has 2 aromatic heterocycles. The Balaban J connectivity index is 2.73. The van der Waals surface area contributed by atoms with Gasteiger partial charge in [0.15, 0.2) is 0 Å². The van der Waals surface area contributed by atoms with Gasteiger partial charge in [0.2, 0.25) is 0 Å². The summed E-state index contributed by atoms with van der Waals surface area (Å²) in [5, 5.41) is 9.91. The van der Waals surface area contributed by atoms with Gasteiger partial charge in [-0.15, -0.1) is 0 Å². The molecule has 12 heavy (non-hydrogen) atoms. The highest BCUT2D eigenvalue weighted by molar-refractivity contribution is 9.10. The maximum atomic E-state index is 8.93. The number of fused-ring (bicyclic) bond motifs is 1. The summed E-state index contributed by atoms with van der Waals surface area (Å²) in [5.41, 5.74) is 1.87. The molecule has 62 valence electrons. The van der Waals surface area contributed by atoms with Crippen molar-refractivity contribution in [2.24, 2.45) is 0 Å². The largest absolute Gasteiger partial charge is 0.392 e. The average Bonchev–Trinajstić information content (AvgIpc) is 2.46. The number of H-pyrrole nitrogens is 1. The van der Waals surface area contributed by atoms with E-state index in [1.165, 1.54) is 0 Å². The molecule has 0 aliphatic heterocycles. The summed E-state index contributed by atoms with van der Waals surface area (Å²) >= 11 is 3.27. The molecule has 0 saturated carbocycles. The van der Waals surface area contributed by atoms with Crippen LogP contribution in [0.5, 0.6) is 0 Å². The van der Waals surface area contributed by atoms with Crippen LogP contribution in [0.3, 0.4) is 0 Å². The second kappa shape index (κ2) is 2.88. The summed E-state index contributed by atoms with van der Waals surface area (Å²) in [5.74, 6) is 0. The third-order valence-electron chi connectivity index (χ3n) is 1.79. The standard InChI is InChI=1S/C8H7BrN2O/c9-8-1-7-6(3-11-8)5(4-12)2-10-7/h1-3,10,12H,4H2. The number of pyridine rings is 1. The van der Waals surface area contributed by atoms with Crippen molar-refractivity contribution in [2.75, 3.05) is 0 Å². The van der Waals surface area contributed by atoms with Gasteiger partial charge < -0.3 is 10.1 Å². The molecule has 4 heteroatoms. The highest BCUT2D eigenvalue weighted by atomic mass is 79.9. The van der Waals surface area contributed by atoms with Crippen LogP contribution in [-0.4, -0.2) is 15.1 Å². The number of hydrogen-bond donors (Lipinski definition) is 2. The van der Waals surface area contributed by atoms with Crippen molar-refractivity contribution >= 4 is 26.8 Å². The molecule has 0 spiro atoms. The van der Waals surface area contributed by atoms with Gasteiger partial charge in [-0.25, -0.2) is 4.98 Å². The fraction of sp³-hybridized carbons (Fsp3) is 0.125. The minimum atomic E-state index is 0.0450. The molecular weight excluding hydrogens is 220 g/mol. The van der Waals surface area contributed by atoms with Crippen LogP contribution in [-0.2, 0) is 6.61 Å². The van der Waals surface area contributed by atoms with Crippen molar-refractivity contribution in [1.82, 2.24) is 9.97 Å². The SMILES string of the molecule is OCc1c[nH]c2cc(Br)ncc12. The van der Waals surface area contributed by atoms with Crippen molar-refractivity contribution in [3.8, 4) is 0 Å². The highest BCUT2D eigenvalue weighted by Crippen LogP contribution is 2.19. The second-order valence-electron chi connectivity index (χ2n) is 2.52. The molecule has 0 fully saturated rings. The predicted octanol–water partition coefficient (Wildman–Crippen LogP) is 1.82. The Kier molecular flexibility index (Phi) is 1.86. The summed E-state index contributed by atoms with van der Waals surface area (Å²) in [6.07, 6.45) is 3.53. The Morgan fingerprint density at radius 2 is 2.42 bits per heavy atom. The Bertz CT molecular complexity index is 410. The Morgan fingerprint density at radius 1 is 1.58 bits per heavy atom. The molecule has 2 N–H and O–H groups in total. The lowest BCUT2D eigenvalue weighted by Crippen LogP contribution is -1.80. The second-order valence-corrected chi connectivity index (χ2v) is 3.34. The van der Waals surface area contributed by atoms with E-state index in [-0.39, 0.29) is 6.61 Å². The number of halogens is 1. The van der Waals surface area contributed by atoms with E-state index in [2.05, 4.69) is 25.9 Å². The first kappa shape index (κ1) is 7.76. The maximum absolute atomic E-state index is 8.93. The quantitative estimate of drug-likeness (QED) is 0.730. The number of hydrogen-bond acceptors (Lipinski definition) is 2. The van der Waals surface area contributed by atoms with Crippen LogP contribution in [0.25, 0.3) is 10.9 Å². The molecule has 2 rings (SSSR count). The topological polar surface area (TPSA) is 48.9 Å². The summed E-state index contributed by atoms with van der Waals surface area (Å²) in [6.45, 7) is 0.0450. The number of aromatic nitrogens is 2. The molecular formula is C8H7BrN2O. The zero-order chi connectivity index (χ0) is 8.55. The van der Waals surface area contributed by atoms with Gasteiger partial charge >= 0.3 is 0 Å². The van der Waals surface area contributed by atoms with Crippen molar-refractivity contribution in [2.45, 2.75) is 6.61 Å². The molecule has 3 nitrogen and oxygen atoms in total. The van der Waals surface area contributed by atoms with Crippen LogP contribution in [0.4, 0.5) is 0 Å². The summed E-state index contributed by atoms with van der Waals surface area (Å²) in [4.78, 5) is 7.12. The van der Waals surface area contributed by atoms with Crippen molar-refractivity contribution in [3.63, 3.8) is 0 Å². The minimum absolute atomic E-state index is 0.0450. The molecule has 0 saturated heterocycles. The first-order chi connectivity index (χ1) is 5.81. The van der Waals surface area contributed by atoms with Crippen LogP contribution >= 0.6 is 15.9 Å². The minimum Gasteiger partial charge on any atom is -0.392 e. The molecule has 2 aromatic rings. The summed E-state index contributed by atoms with van der Waals surface area (Å²) < 4.78 is 0.793. The zero-order valence-electron chi connectivity index (χ0n) is 6.21. The van der Waals surface area contributed by atoms with Crippen LogP contribution in [0.1, 0.15) is 5.56 Å². The summed E-state index contributed by atoms with van der Waals surface area (Å²) in [7, 11) is 0. The molecule has 0 atom stereocenters. The molecule has 0 unspecified atom stereocenters. The third-order valence-corrected chi connectivity index (χ3v) is 2.22. The van der Waals surface area contributed by atoms with E-state index in [0.717, 1.165) is 21.1 Å². The molecule has 0 aliphatic carbocycles. The smallest absolute Gasteiger partial charge is 0.108 e. The summed E-state index contributed by atoms with van der Waals surface area (Å²) in [6, 6.07) is 1.88. The van der Waals surface area contributed by atoms with E-state index in [1.807, 2.05) is 6.07 Å².